The molecule has 1 unspecified atom stereocenters. The van der Waals surface area contributed by atoms with Crippen molar-refractivity contribution in [2.24, 2.45) is 5.92 Å². The zero-order chi connectivity index (χ0) is 14.9. The maximum absolute atomic E-state index is 11.9. The van der Waals surface area contributed by atoms with Crippen LogP contribution >= 0.6 is 11.3 Å². The monoisotopic (exact) mass is 296 g/mol. The first-order valence-corrected chi connectivity index (χ1v) is 7.67. The Morgan fingerprint density at radius 3 is 2.75 bits per heavy atom. The van der Waals surface area contributed by atoms with Gasteiger partial charge in [0.15, 0.2) is 0 Å². The number of carboxylic acid groups (broad SMARTS) is 1. The number of likely N-dealkylation sites (N-methyl/N-ethyl adjacent to an activating group) is 1. The number of carboxylic acids is 1. The molecule has 110 valence electrons. The van der Waals surface area contributed by atoms with Gasteiger partial charge in [0.25, 0.3) is 0 Å². The maximum Gasteiger partial charge on any atom is 0.225 e. The van der Waals surface area contributed by atoms with Crippen LogP contribution in [0.4, 0.5) is 5.00 Å². The fourth-order valence-electron chi connectivity index (χ4n) is 2.47. The fraction of sp³-hybridized carbons (Fsp3) is 0.571. The highest BCUT2D eigenvalue weighted by Crippen LogP contribution is 2.34. The van der Waals surface area contributed by atoms with E-state index in [1.165, 1.54) is 16.2 Å². The quantitative estimate of drug-likeness (QED) is 0.799. The molecule has 1 aliphatic rings. The molecule has 0 fully saturated rings. The molecule has 1 aromatic rings. The lowest BCUT2D eigenvalue weighted by atomic mass is 10.0. The molecule has 20 heavy (non-hydrogen) atoms. The van der Waals surface area contributed by atoms with Crippen LogP contribution in [0.3, 0.4) is 0 Å². The minimum Gasteiger partial charge on any atom is -0.545 e. The molecule has 1 amide bonds. The van der Waals surface area contributed by atoms with Gasteiger partial charge in [-0.15, -0.1) is 11.3 Å². The number of rotatable bonds is 4. The summed E-state index contributed by atoms with van der Waals surface area (Å²) in [6.45, 7) is 5.62. The Morgan fingerprint density at radius 2 is 2.15 bits per heavy atom. The van der Waals surface area contributed by atoms with Crippen molar-refractivity contribution in [1.82, 2.24) is 0 Å². The highest BCUT2D eigenvalue weighted by atomic mass is 32.1. The SMILES string of the molecule is CC(C)CC(=O)Nc1sc2c(c1C(=O)[O-])CC[NH+](C)C2. The minimum atomic E-state index is -1.19. The molecular weight excluding hydrogens is 276 g/mol. The molecule has 6 heteroatoms. The van der Waals surface area contributed by atoms with Crippen LogP contribution in [-0.2, 0) is 17.8 Å². The zero-order valence-corrected chi connectivity index (χ0v) is 12.9. The van der Waals surface area contributed by atoms with Crippen molar-refractivity contribution in [1.29, 1.82) is 0 Å². The predicted octanol–water partition coefficient (Wildman–Crippen LogP) is -0.333. The van der Waals surface area contributed by atoms with Crippen molar-refractivity contribution in [3.8, 4) is 0 Å². The largest absolute Gasteiger partial charge is 0.545 e. The number of fused-ring (bicyclic) bond motifs is 1. The van der Waals surface area contributed by atoms with E-state index in [0.717, 1.165) is 30.0 Å². The van der Waals surface area contributed by atoms with Gasteiger partial charge in [0, 0.05) is 18.4 Å². The van der Waals surface area contributed by atoms with E-state index in [-0.39, 0.29) is 17.4 Å². The van der Waals surface area contributed by atoms with Crippen LogP contribution in [0.15, 0.2) is 0 Å². The molecule has 1 aliphatic heterocycles. The Kier molecular flexibility index (Phi) is 4.45. The lowest BCUT2D eigenvalue weighted by Crippen LogP contribution is -3.08. The molecule has 0 aliphatic carbocycles. The molecule has 5 nitrogen and oxygen atoms in total. The highest BCUT2D eigenvalue weighted by molar-refractivity contribution is 7.16. The molecule has 2 N–H and O–H groups in total. The summed E-state index contributed by atoms with van der Waals surface area (Å²) in [5, 5.41) is 14.6. The van der Waals surface area contributed by atoms with Gasteiger partial charge in [0.1, 0.15) is 11.5 Å². The van der Waals surface area contributed by atoms with Crippen LogP contribution in [0, 0.1) is 5.92 Å². The summed E-state index contributed by atoms with van der Waals surface area (Å²) in [6.07, 6.45) is 1.11. The van der Waals surface area contributed by atoms with Gasteiger partial charge in [0.05, 0.1) is 24.4 Å². The van der Waals surface area contributed by atoms with Crippen molar-refractivity contribution in [3.05, 3.63) is 16.0 Å². The van der Waals surface area contributed by atoms with Gasteiger partial charge in [-0.1, -0.05) is 13.8 Å². The summed E-state index contributed by atoms with van der Waals surface area (Å²) in [5.74, 6) is -1.09. The Hall–Kier alpha value is -1.40. The third-order valence-electron chi connectivity index (χ3n) is 3.41. The van der Waals surface area contributed by atoms with Crippen LogP contribution in [0.25, 0.3) is 0 Å². The number of thiophene rings is 1. The summed E-state index contributed by atoms with van der Waals surface area (Å²) in [7, 11) is 2.08. The summed E-state index contributed by atoms with van der Waals surface area (Å²) in [6, 6.07) is 0. The molecule has 0 spiro atoms. The zero-order valence-electron chi connectivity index (χ0n) is 12.0. The lowest BCUT2D eigenvalue weighted by Gasteiger charge is -2.20. The van der Waals surface area contributed by atoms with E-state index in [4.69, 9.17) is 0 Å². The number of amides is 1. The van der Waals surface area contributed by atoms with E-state index < -0.39 is 5.97 Å². The lowest BCUT2D eigenvalue weighted by molar-refractivity contribution is -0.895. The van der Waals surface area contributed by atoms with Gasteiger partial charge in [-0.3, -0.25) is 4.79 Å². The third-order valence-corrected chi connectivity index (χ3v) is 4.55. The van der Waals surface area contributed by atoms with Gasteiger partial charge in [-0.2, -0.15) is 0 Å². The van der Waals surface area contributed by atoms with Gasteiger partial charge < -0.3 is 20.1 Å². The standard InChI is InChI=1S/C14H20N2O3S/c1-8(2)6-11(17)15-13-12(14(18)19)9-4-5-16(3)7-10(9)20-13/h8H,4-7H2,1-3H3,(H,15,17)(H,18,19). The first-order valence-electron chi connectivity index (χ1n) is 6.85. The third kappa shape index (κ3) is 3.19. The topological polar surface area (TPSA) is 73.7 Å². The van der Waals surface area contributed by atoms with E-state index in [1.807, 2.05) is 13.8 Å². The van der Waals surface area contributed by atoms with Gasteiger partial charge in [0.2, 0.25) is 5.91 Å². The van der Waals surface area contributed by atoms with Crippen molar-refractivity contribution >= 4 is 28.2 Å². The minimum absolute atomic E-state index is 0.137. The van der Waals surface area contributed by atoms with Crippen molar-refractivity contribution in [2.75, 3.05) is 18.9 Å². The van der Waals surface area contributed by atoms with Crippen LogP contribution < -0.4 is 15.3 Å². The molecule has 2 rings (SSSR count). The molecular formula is C14H20N2O3S. The summed E-state index contributed by atoms with van der Waals surface area (Å²) in [4.78, 5) is 25.6. The van der Waals surface area contributed by atoms with Gasteiger partial charge >= 0.3 is 0 Å². The summed E-state index contributed by atoms with van der Waals surface area (Å²) < 4.78 is 0. The fourth-order valence-corrected chi connectivity index (χ4v) is 3.84. The number of hydrogen-bond donors (Lipinski definition) is 2. The smallest absolute Gasteiger partial charge is 0.225 e. The number of aromatic carboxylic acids is 1. The number of carbonyl (C=O) groups is 2. The maximum atomic E-state index is 11.9. The second-order valence-electron chi connectivity index (χ2n) is 5.78. The molecule has 0 aromatic carbocycles. The Bertz CT molecular complexity index is 537. The number of anilines is 1. The summed E-state index contributed by atoms with van der Waals surface area (Å²) >= 11 is 1.38. The summed E-state index contributed by atoms with van der Waals surface area (Å²) in [5.41, 5.74) is 1.04. The van der Waals surface area contributed by atoms with E-state index in [1.54, 1.807) is 0 Å². The number of hydrogen-bond acceptors (Lipinski definition) is 4. The van der Waals surface area contributed by atoms with Crippen LogP contribution in [0.5, 0.6) is 0 Å². The second-order valence-corrected chi connectivity index (χ2v) is 6.88. The first kappa shape index (κ1) is 15.0. The van der Waals surface area contributed by atoms with Crippen LogP contribution in [0.2, 0.25) is 0 Å². The Labute approximate surface area is 122 Å². The Morgan fingerprint density at radius 1 is 1.45 bits per heavy atom. The van der Waals surface area contributed by atoms with Crippen molar-refractivity contribution in [3.63, 3.8) is 0 Å². The Balaban J connectivity index is 2.28. The molecule has 0 saturated carbocycles. The van der Waals surface area contributed by atoms with E-state index in [2.05, 4.69) is 12.4 Å². The molecule has 0 radical (unpaired) electrons. The van der Waals surface area contributed by atoms with Gasteiger partial charge in [-0.25, -0.2) is 0 Å². The van der Waals surface area contributed by atoms with Crippen molar-refractivity contribution in [2.45, 2.75) is 33.2 Å². The average molecular weight is 296 g/mol. The highest BCUT2D eigenvalue weighted by Gasteiger charge is 2.26. The predicted molar refractivity (Wildman–Crippen MR) is 75.9 cm³/mol. The van der Waals surface area contributed by atoms with E-state index >= 15 is 0 Å². The second kappa shape index (κ2) is 5.93. The van der Waals surface area contributed by atoms with Crippen molar-refractivity contribution < 1.29 is 19.6 Å². The number of quaternary nitrogens is 1. The van der Waals surface area contributed by atoms with Crippen LogP contribution in [-0.4, -0.2) is 25.5 Å². The molecule has 1 aromatic heterocycles. The molecule has 0 saturated heterocycles. The average Bonchev–Trinajstić information content (AvgIpc) is 2.64. The number of carbonyl (C=O) groups excluding carboxylic acids is 2. The molecule has 0 bridgehead atoms. The first-order chi connectivity index (χ1) is 9.38. The van der Waals surface area contributed by atoms with Gasteiger partial charge in [-0.05, 0) is 11.5 Å². The normalized spacial score (nSPS) is 17.9. The number of nitrogens with one attached hydrogen (secondary N) is 2. The van der Waals surface area contributed by atoms with E-state index in [0.29, 0.717) is 11.4 Å². The molecule has 2 heterocycles. The van der Waals surface area contributed by atoms with Crippen LogP contribution in [0.1, 0.15) is 41.1 Å². The van der Waals surface area contributed by atoms with E-state index in [9.17, 15) is 14.7 Å². The molecule has 1 atom stereocenters.